The van der Waals surface area contributed by atoms with Crippen molar-refractivity contribution < 1.29 is 9.53 Å². The second-order valence-corrected chi connectivity index (χ2v) is 7.22. The van der Waals surface area contributed by atoms with Crippen LogP contribution in [0.1, 0.15) is 29.9 Å². The lowest BCUT2D eigenvalue weighted by atomic mass is 10.1. The molecule has 1 heterocycles. The van der Waals surface area contributed by atoms with E-state index >= 15 is 0 Å². The zero-order valence-corrected chi connectivity index (χ0v) is 16.3. The highest BCUT2D eigenvalue weighted by Crippen LogP contribution is 2.48. The van der Waals surface area contributed by atoms with E-state index in [1.165, 1.54) is 5.56 Å². The average molecular weight is 387 g/mol. The summed E-state index contributed by atoms with van der Waals surface area (Å²) in [5.41, 5.74) is 2.42. The average Bonchev–Trinajstić information content (AvgIpc) is 3.51. The number of nitrogens with zero attached hydrogens (tertiary/aromatic N) is 1. The number of hydrogen-bond donors (Lipinski definition) is 1. The van der Waals surface area contributed by atoms with Crippen LogP contribution < -0.4 is 10.1 Å². The molecule has 2 aliphatic rings. The van der Waals surface area contributed by atoms with Gasteiger partial charge in [0.05, 0.1) is 0 Å². The standard InChI is InChI=1S/C22H26N2O2.ClH/c25-22(24-13-4-11-23-12-14-24)21-15-20(21)18-7-9-19(10-8-18)26-16-17-5-2-1-3-6-17;/h1-3,5-10,20-21,23H,4,11-16H2;1H. The maximum absolute atomic E-state index is 12.7. The largest absolute Gasteiger partial charge is 0.489 e. The number of rotatable bonds is 5. The molecule has 0 aromatic heterocycles. The van der Waals surface area contributed by atoms with Crippen molar-refractivity contribution in [2.24, 2.45) is 5.92 Å². The SMILES string of the molecule is Cl.O=C(C1CC1c1ccc(OCc2ccccc2)cc1)N1CCCNCC1. The van der Waals surface area contributed by atoms with E-state index < -0.39 is 0 Å². The molecule has 2 aromatic rings. The molecule has 0 bridgehead atoms. The fraction of sp³-hybridized carbons (Fsp3) is 0.409. The quantitative estimate of drug-likeness (QED) is 0.853. The van der Waals surface area contributed by atoms with Crippen molar-refractivity contribution >= 4 is 18.3 Å². The van der Waals surface area contributed by atoms with E-state index in [1.54, 1.807) is 0 Å². The van der Waals surface area contributed by atoms with Crippen LogP contribution in [0.4, 0.5) is 0 Å². The molecule has 1 saturated heterocycles. The minimum absolute atomic E-state index is 0. The van der Waals surface area contributed by atoms with E-state index in [9.17, 15) is 4.79 Å². The Morgan fingerprint density at radius 2 is 1.81 bits per heavy atom. The molecule has 0 spiro atoms. The minimum Gasteiger partial charge on any atom is -0.489 e. The molecule has 27 heavy (non-hydrogen) atoms. The van der Waals surface area contributed by atoms with Gasteiger partial charge in [-0.05, 0) is 48.6 Å². The maximum atomic E-state index is 12.7. The molecular formula is C22H27ClN2O2. The highest BCUT2D eigenvalue weighted by molar-refractivity contribution is 5.85. The van der Waals surface area contributed by atoms with Crippen LogP contribution in [-0.2, 0) is 11.4 Å². The monoisotopic (exact) mass is 386 g/mol. The van der Waals surface area contributed by atoms with Crippen molar-refractivity contribution in [3.05, 3.63) is 65.7 Å². The number of ether oxygens (including phenoxy) is 1. The van der Waals surface area contributed by atoms with Gasteiger partial charge in [-0.1, -0.05) is 42.5 Å². The van der Waals surface area contributed by atoms with E-state index in [1.807, 2.05) is 35.2 Å². The highest BCUT2D eigenvalue weighted by atomic mass is 35.5. The molecule has 5 heteroatoms. The summed E-state index contributed by atoms with van der Waals surface area (Å²) >= 11 is 0. The van der Waals surface area contributed by atoms with E-state index in [-0.39, 0.29) is 18.3 Å². The lowest BCUT2D eigenvalue weighted by Crippen LogP contribution is -2.35. The lowest BCUT2D eigenvalue weighted by Gasteiger charge is -2.20. The van der Waals surface area contributed by atoms with Crippen LogP contribution in [0.15, 0.2) is 54.6 Å². The molecule has 4 rings (SSSR count). The number of nitrogens with one attached hydrogen (secondary N) is 1. The predicted octanol–water partition coefficient (Wildman–Crippen LogP) is 3.61. The van der Waals surface area contributed by atoms with Gasteiger partial charge in [-0.3, -0.25) is 4.79 Å². The molecule has 1 saturated carbocycles. The van der Waals surface area contributed by atoms with Gasteiger partial charge in [-0.15, -0.1) is 12.4 Å². The Kier molecular flexibility index (Phi) is 6.75. The molecule has 2 aromatic carbocycles. The Morgan fingerprint density at radius 1 is 1.04 bits per heavy atom. The zero-order chi connectivity index (χ0) is 17.8. The number of halogens is 1. The van der Waals surface area contributed by atoms with Gasteiger partial charge in [0.1, 0.15) is 12.4 Å². The molecule has 2 atom stereocenters. The van der Waals surface area contributed by atoms with Gasteiger partial charge in [-0.2, -0.15) is 0 Å². The van der Waals surface area contributed by atoms with Crippen molar-refractivity contribution in [1.82, 2.24) is 10.2 Å². The Morgan fingerprint density at radius 3 is 2.59 bits per heavy atom. The molecule has 2 unspecified atom stereocenters. The van der Waals surface area contributed by atoms with Crippen LogP contribution in [0, 0.1) is 5.92 Å². The van der Waals surface area contributed by atoms with E-state index in [2.05, 4.69) is 29.6 Å². The van der Waals surface area contributed by atoms with Gasteiger partial charge in [0.2, 0.25) is 5.91 Å². The molecule has 1 amide bonds. The number of carbonyl (C=O) groups is 1. The van der Waals surface area contributed by atoms with Crippen LogP contribution in [0.25, 0.3) is 0 Å². The van der Waals surface area contributed by atoms with Crippen LogP contribution in [0.5, 0.6) is 5.75 Å². The summed E-state index contributed by atoms with van der Waals surface area (Å²) < 4.78 is 5.85. The van der Waals surface area contributed by atoms with Gasteiger partial charge in [0.25, 0.3) is 0 Å². The first-order valence-corrected chi connectivity index (χ1v) is 9.57. The second-order valence-electron chi connectivity index (χ2n) is 7.22. The highest BCUT2D eigenvalue weighted by Gasteiger charge is 2.45. The third kappa shape index (κ3) is 5.02. The van der Waals surface area contributed by atoms with Crippen LogP contribution in [0.3, 0.4) is 0 Å². The Hall–Kier alpha value is -2.04. The van der Waals surface area contributed by atoms with Crippen molar-refractivity contribution in [2.75, 3.05) is 26.2 Å². The molecule has 1 aliphatic heterocycles. The molecule has 1 N–H and O–H groups in total. The molecule has 1 aliphatic carbocycles. The first kappa shape index (κ1) is 19.7. The summed E-state index contributed by atoms with van der Waals surface area (Å²) in [4.78, 5) is 14.7. The Bertz CT molecular complexity index is 728. The fourth-order valence-electron chi connectivity index (χ4n) is 3.69. The topological polar surface area (TPSA) is 41.6 Å². The third-order valence-corrected chi connectivity index (χ3v) is 5.32. The fourth-order valence-corrected chi connectivity index (χ4v) is 3.69. The summed E-state index contributed by atoms with van der Waals surface area (Å²) in [6, 6.07) is 18.4. The molecule has 144 valence electrons. The number of benzene rings is 2. The van der Waals surface area contributed by atoms with Crippen molar-refractivity contribution in [2.45, 2.75) is 25.4 Å². The molecule has 0 radical (unpaired) electrons. The van der Waals surface area contributed by atoms with E-state index in [0.717, 1.165) is 50.3 Å². The van der Waals surface area contributed by atoms with E-state index in [4.69, 9.17) is 4.74 Å². The summed E-state index contributed by atoms with van der Waals surface area (Å²) in [6.45, 7) is 4.24. The summed E-state index contributed by atoms with van der Waals surface area (Å²) in [7, 11) is 0. The lowest BCUT2D eigenvalue weighted by molar-refractivity contribution is -0.132. The van der Waals surface area contributed by atoms with Crippen LogP contribution >= 0.6 is 12.4 Å². The van der Waals surface area contributed by atoms with Crippen molar-refractivity contribution in [1.29, 1.82) is 0 Å². The Labute approximate surface area is 167 Å². The van der Waals surface area contributed by atoms with Crippen molar-refractivity contribution in [3.63, 3.8) is 0 Å². The first-order valence-electron chi connectivity index (χ1n) is 9.57. The van der Waals surface area contributed by atoms with Gasteiger partial charge in [0, 0.05) is 25.6 Å². The van der Waals surface area contributed by atoms with Gasteiger partial charge in [0.15, 0.2) is 0 Å². The molecule has 4 nitrogen and oxygen atoms in total. The second kappa shape index (κ2) is 9.25. The van der Waals surface area contributed by atoms with Crippen LogP contribution in [-0.4, -0.2) is 37.0 Å². The summed E-state index contributed by atoms with van der Waals surface area (Å²) in [5, 5.41) is 3.36. The normalized spacial score (nSPS) is 21.7. The van der Waals surface area contributed by atoms with Crippen LogP contribution in [0.2, 0.25) is 0 Å². The first-order chi connectivity index (χ1) is 12.8. The summed E-state index contributed by atoms with van der Waals surface area (Å²) in [6.07, 6.45) is 2.03. The van der Waals surface area contributed by atoms with Gasteiger partial charge < -0.3 is 15.0 Å². The number of hydrogen-bond acceptors (Lipinski definition) is 3. The van der Waals surface area contributed by atoms with Gasteiger partial charge in [-0.25, -0.2) is 0 Å². The minimum atomic E-state index is 0. The number of carbonyl (C=O) groups excluding carboxylic acids is 1. The maximum Gasteiger partial charge on any atom is 0.226 e. The number of amides is 1. The smallest absolute Gasteiger partial charge is 0.226 e. The Balaban J connectivity index is 0.00000210. The predicted molar refractivity (Wildman–Crippen MR) is 109 cm³/mol. The van der Waals surface area contributed by atoms with Crippen molar-refractivity contribution in [3.8, 4) is 5.75 Å². The van der Waals surface area contributed by atoms with Gasteiger partial charge >= 0.3 is 0 Å². The zero-order valence-electron chi connectivity index (χ0n) is 15.5. The molecular weight excluding hydrogens is 360 g/mol. The summed E-state index contributed by atoms with van der Waals surface area (Å²) in [5.74, 6) is 1.76. The molecule has 2 fully saturated rings. The third-order valence-electron chi connectivity index (χ3n) is 5.32. The van der Waals surface area contributed by atoms with E-state index in [0.29, 0.717) is 18.4 Å².